The number of alkyl halides is 2. The van der Waals surface area contributed by atoms with E-state index >= 15 is 0 Å². The van der Waals surface area contributed by atoms with Gasteiger partial charge in [-0.1, -0.05) is 11.6 Å². The van der Waals surface area contributed by atoms with Crippen molar-refractivity contribution in [1.82, 2.24) is 4.98 Å². The molecule has 0 fully saturated rings. The Kier molecular flexibility index (Phi) is 3.33. The van der Waals surface area contributed by atoms with Gasteiger partial charge in [0.05, 0.1) is 28.5 Å². The van der Waals surface area contributed by atoms with Crippen molar-refractivity contribution in [3.8, 4) is 6.07 Å². The lowest BCUT2D eigenvalue weighted by Crippen LogP contribution is -2.01. The smallest absolute Gasteiger partial charge is 0.267 e. The molecule has 1 rings (SSSR count). The van der Waals surface area contributed by atoms with Gasteiger partial charge in [0.25, 0.3) is 6.43 Å². The highest BCUT2D eigenvalue weighted by Gasteiger charge is 2.20. The Balaban J connectivity index is 3.41. The van der Waals surface area contributed by atoms with E-state index in [9.17, 15) is 8.78 Å². The van der Waals surface area contributed by atoms with Crippen LogP contribution in [0.5, 0.6) is 0 Å². The molecule has 6 heteroatoms. The lowest BCUT2D eigenvalue weighted by atomic mass is 10.1. The summed E-state index contributed by atoms with van der Waals surface area (Å²) in [4.78, 5) is 3.51. The van der Waals surface area contributed by atoms with Gasteiger partial charge in [-0.15, -0.1) is 0 Å². The highest BCUT2D eigenvalue weighted by atomic mass is 35.5. The maximum absolute atomic E-state index is 12.4. The summed E-state index contributed by atoms with van der Waals surface area (Å²) in [5, 5.41) is 16.9. The normalized spacial score (nSPS) is 10.3. The number of hydrogen-bond acceptors (Lipinski definition) is 3. The third kappa shape index (κ3) is 1.81. The molecule has 1 N–H and O–H groups in total. The molecule has 1 aromatic rings. The molecule has 14 heavy (non-hydrogen) atoms. The maximum atomic E-state index is 12.4. The fourth-order valence-electron chi connectivity index (χ4n) is 0.966. The molecule has 0 saturated carbocycles. The quantitative estimate of drug-likeness (QED) is 0.826. The molecular weight excluding hydrogens is 214 g/mol. The largest absolute Gasteiger partial charge is 0.390 e. The van der Waals surface area contributed by atoms with Crippen molar-refractivity contribution in [2.75, 3.05) is 0 Å². The minimum atomic E-state index is -2.86. The number of nitrogens with zero attached hydrogens (tertiary/aromatic N) is 2. The van der Waals surface area contributed by atoms with E-state index in [-0.39, 0.29) is 16.3 Å². The summed E-state index contributed by atoms with van der Waals surface area (Å²) in [6.07, 6.45) is -1.80. The molecule has 0 radical (unpaired) electrons. The van der Waals surface area contributed by atoms with Crippen LogP contribution in [0.2, 0.25) is 5.02 Å². The first-order chi connectivity index (χ1) is 6.61. The molecule has 0 aromatic carbocycles. The van der Waals surface area contributed by atoms with Gasteiger partial charge in [-0.25, -0.2) is 8.78 Å². The van der Waals surface area contributed by atoms with Crippen LogP contribution < -0.4 is 0 Å². The van der Waals surface area contributed by atoms with Crippen molar-refractivity contribution < 1.29 is 13.9 Å². The van der Waals surface area contributed by atoms with E-state index in [0.29, 0.717) is 0 Å². The third-order valence-corrected chi connectivity index (χ3v) is 2.03. The SMILES string of the molecule is N#Cc1cnc(CO)c(C(F)F)c1Cl. The van der Waals surface area contributed by atoms with Crippen molar-refractivity contribution in [3.05, 3.63) is 28.0 Å². The Morgan fingerprint density at radius 1 is 1.64 bits per heavy atom. The van der Waals surface area contributed by atoms with Gasteiger partial charge in [-0.05, 0) is 0 Å². The van der Waals surface area contributed by atoms with E-state index in [1.54, 1.807) is 6.07 Å². The molecule has 74 valence electrons. The van der Waals surface area contributed by atoms with Crippen LogP contribution >= 0.6 is 11.6 Å². The summed E-state index contributed by atoms with van der Waals surface area (Å²) in [6.45, 7) is -0.634. The number of pyridine rings is 1. The number of aliphatic hydroxyl groups excluding tert-OH is 1. The van der Waals surface area contributed by atoms with E-state index in [0.717, 1.165) is 6.20 Å². The van der Waals surface area contributed by atoms with Crippen LogP contribution in [0.3, 0.4) is 0 Å². The number of nitriles is 1. The maximum Gasteiger partial charge on any atom is 0.267 e. The van der Waals surface area contributed by atoms with Crippen molar-refractivity contribution in [3.63, 3.8) is 0 Å². The Morgan fingerprint density at radius 3 is 2.71 bits per heavy atom. The Labute approximate surface area is 83.6 Å². The van der Waals surface area contributed by atoms with Crippen LogP contribution in [0, 0.1) is 11.3 Å². The molecule has 0 aliphatic rings. The van der Waals surface area contributed by atoms with E-state index in [1.165, 1.54) is 0 Å². The number of rotatable bonds is 2. The van der Waals surface area contributed by atoms with Crippen LogP contribution in [0.25, 0.3) is 0 Å². The Morgan fingerprint density at radius 2 is 2.29 bits per heavy atom. The van der Waals surface area contributed by atoms with Gasteiger partial charge < -0.3 is 5.11 Å². The lowest BCUT2D eigenvalue weighted by molar-refractivity contribution is 0.146. The van der Waals surface area contributed by atoms with Crippen molar-refractivity contribution >= 4 is 11.6 Å². The molecule has 3 nitrogen and oxygen atoms in total. The zero-order chi connectivity index (χ0) is 10.7. The average molecular weight is 219 g/mol. The summed E-state index contributed by atoms with van der Waals surface area (Å²) >= 11 is 5.53. The first-order valence-corrected chi connectivity index (χ1v) is 3.96. The van der Waals surface area contributed by atoms with Gasteiger partial charge in [-0.2, -0.15) is 5.26 Å². The topological polar surface area (TPSA) is 56.9 Å². The second-order valence-electron chi connectivity index (χ2n) is 2.42. The van der Waals surface area contributed by atoms with Crippen molar-refractivity contribution in [2.45, 2.75) is 13.0 Å². The van der Waals surface area contributed by atoms with Gasteiger partial charge in [0.2, 0.25) is 0 Å². The molecule has 0 spiro atoms. The standard InChI is InChI=1S/C8H5ClF2N2O/c9-7-4(1-12)2-13-5(3-14)6(7)8(10)11/h2,8,14H,3H2. The fourth-order valence-corrected chi connectivity index (χ4v) is 1.25. The molecule has 1 heterocycles. The van der Waals surface area contributed by atoms with Crippen LogP contribution in [-0.4, -0.2) is 10.1 Å². The van der Waals surface area contributed by atoms with Crippen molar-refractivity contribution in [2.24, 2.45) is 0 Å². The molecule has 0 atom stereocenters. The van der Waals surface area contributed by atoms with E-state index in [2.05, 4.69) is 4.98 Å². The summed E-state index contributed by atoms with van der Waals surface area (Å²) < 4.78 is 24.9. The summed E-state index contributed by atoms with van der Waals surface area (Å²) in [6, 6.07) is 1.63. The zero-order valence-electron chi connectivity index (χ0n) is 6.84. The molecule has 0 aliphatic carbocycles. The molecule has 1 aromatic heterocycles. The lowest BCUT2D eigenvalue weighted by Gasteiger charge is -2.08. The molecule has 0 amide bonds. The monoisotopic (exact) mass is 218 g/mol. The third-order valence-electron chi connectivity index (χ3n) is 1.62. The highest BCUT2D eigenvalue weighted by molar-refractivity contribution is 6.32. The first kappa shape index (κ1) is 10.8. The Hall–Kier alpha value is -1.25. The van der Waals surface area contributed by atoms with Gasteiger partial charge in [0, 0.05) is 6.20 Å². The molecule has 0 saturated heterocycles. The molecule has 0 bridgehead atoms. The molecule has 0 unspecified atom stereocenters. The van der Waals surface area contributed by atoms with E-state index in [4.69, 9.17) is 22.0 Å². The van der Waals surface area contributed by atoms with Gasteiger partial charge in [-0.3, -0.25) is 4.98 Å². The van der Waals surface area contributed by atoms with E-state index < -0.39 is 18.6 Å². The van der Waals surface area contributed by atoms with Crippen LogP contribution in [0.1, 0.15) is 23.2 Å². The summed E-state index contributed by atoms with van der Waals surface area (Å²) in [5.74, 6) is 0. The van der Waals surface area contributed by atoms with Crippen LogP contribution in [0.4, 0.5) is 8.78 Å². The second-order valence-corrected chi connectivity index (χ2v) is 2.79. The van der Waals surface area contributed by atoms with Gasteiger partial charge in [0.15, 0.2) is 0 Å². The van der Waals surface area contributed by atoms with Gasteiger partial charge >= 0.3 is 0 Å². The van der Waals surface area contributed by atoms with Gasteiger partial charge in [0.1, 0.15) is 6.07 Å². The van der Waals surface area contributed by atoms with Crippen LogP contribution in [0.15, 0.2) is 6.20 Å². The van der Waals surface area contributed by atoms with Crippen LogP contribution in [-0.2, 0) is 6.61 Å². The fraction of sp³-hybridized carbons (Fsp3) is 0.250. The average Bonchev–Trinajstić information content (AvgIpc) is 2.16. The number of aromatic nitrogens is 1. The predicted molar refractivity (Wildman–Crippen MR) is 44.8 cm³/mol. The highest BCUT2D eigenvalue weighted by Crippen LogP contribution is 2.31. The zero-order valence-corrected chi connectivity index (χ0v) is 7.59. The number of hydrogen-bond donors (Lipinski definition) is 1. The number of aliphatic hydroxyl groups is 1. The molecule has 0 aliphatic heterocycles. The minimum absolute atomic E-state index is 0.126. The van der Waals surface area contributed by atoms with Crippen molar-refractivity contribution in [1.29, 1.82) is 5.26 Å². The first-order valence-electron chi connectivity index (χ1n) is 3.58. The predicted octanol–water partition coefficient (Wildman–Crippen LogP) is 2.04. The minimum Gasteiger partial charge on any atom is -0.390 e. The second kappa shape index (κ2) is 4.31. The van der Waals surface area contributed by atoms with E-state index in [1.807, 2.05) is 0 Å². The number of halogens is 3. The summed E-state index contributed by atoms with van der Waals surface area (Å²) in [5.41, 5.74) is -0.906. The Bertz CT molecular complexity index is 390. The molecular formula is C8H5ClF2N2O. The summed E-state index contributed by atoms with van der Waals surface area (Å²) in [7, 11) is 0.